The summed E-state index contributed by atoms with van der Waals surface area (Å²) in [5.74, 6) is 0.847. The maximum absolute atomic E-state index is 12.0. The molecule has 6 heteroatoms. The zero-order valence-corrected chi connectivity index (χ0v) is 21.1. The first-order valence-electron chi connectivity index (χ1n) is 12.5. The Bertz CT molecular complexity index is 625. The SMILES string of the molecule is CCCCCCCCCCCCCCCCNC(=S)NC(=O)COc1ccccc1OC. The van der Waals surface area contributed by atoms with E-state index in [4.69, 9.17) is 21.7 Å². The van der Waals surface area contributed by atoms with Gasteiger partial charge >= 0.3 is 0 Å². The molecule has 1 aromatic rings. The molecule has 0 aliphatic carbocycles. The number of hydrogen-bond donors (Lipinski definition) is 2. The monoisotopic (exact) mass is 464 g/mol. The van der Waals surface area contributed by atoms with Crippen LogP contribution in [-0.4, -0.2) is 31.3 Å². The van der Waals surface area contributed by atoms with Crippen LogP contribution in [0, 0.1) is 0 Å². The fourth-order valence-electron chi connectivity index (χ4n) is 3.61. The molecule has 0 spiro atoms. The number of carbonyl (C=O) groups is 1. The maximum Gasteiger partial charge on any atom is 0.264 e. The molecule has 0 atom stereocenters. The van der Waals surface area contributed by atoms with E-state index in [1.54, 1.807) is 19.2 Å². The number of thiocarbonyl (C=S) groups is 1. The van der Waals surface area contributed by atoms with E-state index in [2.05, 4.69) is 17.6 Å². The Kier molecular flexibility index (Phi) is 17.5. The third-order valence-corrected chi connectivity index (χ3v) is 5.74. The molecule has 0 radical (unpaired) electrons. The summed E-state index contributed by atoms with van der Waals surface area (Å²) in [7, 11) is 1.57. The highest BCUT2D eigenvalue weighted by molar-refractivity contribution is 7.80. The molecule has 182 valence electrons. The van der Waals surface area contributed by atoms with Gasteiger partial charge in [0.15, 0.2) is 23.2 Å². The van der Waals surface area contributed by atoms with Crippen molar-refractivity contribution in [3.63, 3.8) is 0 Å². The second-order valence-electron chi connectivity index (χ2n) is 8.34. The van der Waals surface area contributed by atoms with Gasteiger partial charge in [-0.25, -0.2) is 0 Å². The van der Waals surface area contributed by atoms with Gasteiger partial charge in [-0.3, -0.25) is 4.79 Å². The molecule has 1 aromatic carbocycles. The predicted octanol–water partition coefficient (Wildman–Crippen LogP) is 6.55. The lowest BCUT2D eigenvalue weighted by molar-refractivity contribution is -0.121. The van der Waals surface area contributed by atoms with Crippen LogP contribution < -0.4 is 20.1 Å². The van der Waals surface area contributed by atoms with Gasteiger partial charge in [-0.15, -0.1) is 0 Å². The van der Waals surface area contributed by atoms with Crippen molar-refractivity contribution >= 4 is 23.2 Å². The molecule has 0 aliphatic rings. The molecule has 32 heavy (non-hydrogen) atoms. The fraction of sp³-hybridized carbons (Fsp3) is 0.692. The average molecular weight is 465 g/mol. The van der Waals surface area contributed by atoms with Crippen LogP contribution >= 0.6 is 12.2 Å². The number of nitrogens with one attached hydrogen (secondary N) is 2. The van der Waals surface area contributed by atoms with E-state index in [-0.39, 0.29) is 12.5 Å². The van der Waals surface area contributed by atoms with Crippen LogP contribution in [0.1, 0.15) is 96.8 Å². The van der Waals surface area contributed by atoms with Crippen molar-refractivity contribution in [3.05, 3.63) is 24.3 Å². The Morgan fingerprint density at radius 1 is 0.812 bits per heavy atom. The first kappa shape index (κ1) is 28.2. The number of methoxy groups -OCH3 is 1. The molecule has 5 nitrogen and oxygen atoms in total. The molecule has 0 heterocycles. The van der Waals surface area contributed by atoms with Gasteiger partial charge in [0.2, 0.25) is 0 Å². The predicted molar refractivity (Wildman–Crippen MR) is 138 cm³/mol. The summed E-state index contributed by atoms with van der Waals surface area (Å²) in [5.41, 5.74) is 0. The third kappa shape index (κ3) is 15.1. The Morgan fingerprint density at radius 2 is 1.31 bits per heavy atom. The number of rotatable bonds is 19. The Balaban J connectivity index is 1.90. The van der Waals surface area contributed by atoms with E-state index in [1.807, 2.05) is 12.1 Å². The Morgan fingerprint density at radius 3 is 1.84 bits per heavy atom. The summed E-state index contributed by atoms with van der Waals surface area (Å²) in [4.78, 5) is 12.0. The number of ether oxygens (including phenoxy) is 2. The molecule has 0 saturated carbocycles. The van der Waals surface area contributed by atoms with Gasteiger partial charge in [0.1, 0.15) is 0 Å². The molecule has 0 saturated heterocycles. The smallest absolute Gasteiger partial charge is 0.264 e. The van der Waals surface area contributed by atoms with Crippen molar-refractivity contribution in [1.29, 1.82) is 0 Å². The van der Waals surface area contributed by atoms with Crippen molar-refractivity contribution in [2.24, 2.45) is 0 Å². The quantitative estimate of drug-likeness (QED) is 0.180. The van der Waals surface area contributed by atoms with Crippen molar-refractivity contribution in [3.8, 4) is 11.5 Å². The Labute approximate surface area is 201 Å². The van der Waals surface area contributed by atoms with Gasteiger partial charge in [-0.2, -0.15) is 0 Å². The number of benzene rings is 1. The topological polar surface area (TPSA) is 59.6 Å². The van der Waals surface area contributed by atoms with Gasteiger partial charge in [-0.1, -0.05) is 103 Å². The van der Waals surface area contributed by atoms with Gasteiger partial charge in [0.05, 0.1) is 7.11 Å². The van der Waals surface area contributed by atoms with Gasteiger partial charge in [0, 0.05) is 6.54 Å². The number of unbranched alkanes of at least 4 members (excludes halogenated alkanes) is 13. The van der Waals surface area contributed by atoms with Crippen LogP contribution in [0.5, 0.6) is 11.5 Å². The zero-order chi connectivity index (χ0) is 23.3. The van der Waals surface area contributed by atoms with Crippen LogP contribution in [0.4, 0.5) is 0 Å². The van der Waals surface area contributed by atoms with Crippen LogP contribution in [0.15, 0.2) is 24.3 Å². The highest BCUT2D eigenvalue weighted by atomic mass is 32.1. The fourth-order valence-corrected chi connectivity index (χ4v) is 3.83. The molecule has 0 unspecified atom stereocenters. The van der Waals surface area contributed by atoms with E-state index in [9.17, 15) is 4.79 Å². The number of para-hydroxylation sites is 2. The van der Waals surface area contributed by atoms with Crippen LogP contribution in [0.3, 0.4) is 0 Å². The summed E-state index contributed by atoms with van der Waals surface area (Å²) >= 11 is 5.19. The average Bonchev–Trinajstić information content (AvgIpc) is 2.80. The van der Waals surface area contributed by atoms with Crippen molar-refractivity contribution in [2.45, 2.75) is 96.8 Å². The van der Waals surface area contributed by atoms with E-state index in [0.29, 0.717) is 16.6 Å². The first-order valence-corrected chi connectivity index (χ1v) is 12.9. The number of hydrogen-bond acceptors (Lipinski definition) is 4. The summed E-state index contributed by atoms with van der Waals surface area (Å²) in [5, 5.41) is 6.10. The van der Waals surface area contributed by atoms with Crippen molar-refractivity contribution in [1.82, 2.24) is 10.6 Å². The second-order valence-corrected chi connectivity index (χ2v) is 8.75. The Hall–Kier alpha value is -1.82. The highest BCUT2D eigenvalue weighted by Crippen LogP contribution is 2.25. The first-order chi connectivity index (χ1) is 15.7. The van der Waals surface area contributed by atoms with E-state index >= 15 is 0 Å². The van der Waals surface area contributed by atoms with Crippen LogP contribution in [0.25, 0.3) is 0 Å². The molecule has 0 aliphatic heterocycles. The normalized spacial score (nSPS) is 10.6. The third-order valence-electron chi connectivity index (χ3n) is 5.50. The van der Waals surface area contributed by atoms with E-state index in [0.717, 1.165) is 13.0 Å². The number of amides is 1. The summed E-state index contributed by atoms with van der Waals surface area (Å²) < 4.78 is 10.7. The molecular formula is C26H44N2O3S. The molecule has 0 fully saturated rings. The number of carbonyl (C=O) groups excluding carboxylic acids is 1. The van der Waals surface area contributed by atoms with Crippen molar-refractivity contribution < 1.29 is 14.3 Å². The second kappa shape index (κ2) is 19.8. The minimum absolute atomic E-state index is 0.110. The minimum Gasteiger partial charge on any atom is -0.493 e. The summed E-state index contributed by atoms with van der Waals surface area (Å²) in [6, 6.07) is 7.23. The largest absolute Gasteiger partial charge is 0.493 e. The molecule has 1 rings (SSSR count). The minimum atomic E-state index is -0.283. The summed E-state index contributed by atoms with van der Waals surface area (Å²) in [6.45, 7) is 2.94. The lowest BCUT2D eigenvalue weighted by Gasteiger charge is -2.12. The standard InChI is InChI=1S/C26H44N2O3S/c1-3-4-5-6-7-8-9-10-11-12-13-14-15-18-21-27-26(32)28-25(29)22-31-24-20-17-16-19-23(24)30-2/h16-17,19-20H,3-15,18,21-22H2,1-2H3,(H2,27,28,29,32). The molecule has 0 aromatic heterocycles. The molecular weight excluding hydrogens is 420 g/mol. The van der Waals surface area contributed by atoms with Gasteiger partial charge in [0.25, 0.3) is 5.91 Å². The van der Waals surface area contributed by atoms with Gasteiger partial charge < -0.3 is 20.1 Å². The summed E-state index contributed by atoms with van der Waals surface area (Å²) in [6.07, 6.45) is 18.8. The van der Waals surface area contributed by atoms with Gasteiger partial charge in [-0.05, 0) is 30.8 Å². The van der Waals surface area contributed by atoms with Crippen LogP contribution in [-0.2, 0) is 4.79 Å². The lowest BCUT2D eigenvalue weighted by atomic mass is 10.0. The van der Waals surface area contributed by atoms with Crippen LogP contribution in [0.2, 0.25) is 0 Å². The molecule has 2 N–H and O–H groups in total. The highest BCUT2D eigenvalue weighted by Gasteiger charge is 2.08. The molecule has 0 bridgehead atoms. The van der Waals surface area contributed by atoms with Crippen molar-refractivity contribution in [2.75, 3.05) is 20.3 Å². The van der Waals surface area contributed by atoms with E-state index < -0.39 is 0 Å². The molecule has 1 amide bonds. The maximum atomic E-state index is 12.0. The zero-order valence-electron chi connectivity index (χ0n) is 20.3. The van der Waals surface area contributed by atoms with E-state index in [1.165, 1.54) is 83.5 Å². The lowest BCUT2D eigenvalue weighted by Crippen LogP contribution is -2.41.